The van der Waals surface area contributed by atoms with Gasteiger partial charge in [0.25, 0.3) is 5.56 Å². The SMILES string of the molecule is C[C@@H]1[C@@H](C)CCC[C@H]1NC(=O)CSc1nc2ccccc2c(=O)n1Cc1ccncc1. The van der Waals surface area contributed by atoms with Gasteiger partial charge >= 0.3 is 0 Å². The number of carbonyl (C=O) groups is 1. The Labute approximate surface area is 186 Å². The lowest BCUT2D eigenvalue weighted by Crippen LogP contribution is -2.44. The number of hydrogen-bond donors (Lipinski definition) is 1. The molecule has 4 rings (SSSR count). The van der Waals surface area contributed by atoms with Crippen LogP contribution in [0, 0.1) is 11.8 Å². The summed E-state index contributed by atoms with van der Waals surface area (Å²) in [6.45, 7) is 4.87. The van der Waals surface area contributed by atoms with Crippen molar-refractivity contribution < 1.29 is 4.79 Å². The summed E-state index contributed by atoms with van der Waals surface area (Å²) in [6, 6.07) is 11.3. The summed E-state index contributed by atoms with van der Waals surface area (Å²) in [7, 11) is 0. The van der Waals surface area contributed by atoms with Crippen LogP contribution in [-0.4, -0.2) is 32.2 Å². The van der Waals surface area contributed by atoms with Gasteiger partial charge in [-0.25, -0.2) is 4.98 Å². The molecule has 0 aliphatic heterocycles. The van der Waals surface area contributed by atoms with E-state index >= 15 is 0 Å². The molecule has 0 saturated heterocycles. The average Bonchev–Trinajstić information content (AvgIpc) is 2.78. The van der Waals surface area contributed by atoms with Gasteiger partial charge < -0.3 is 5.32 Å². The molecular weight excluding hydrogens is 408 g/mol. The largest absolute Gasteiger partial charge is 0.352 e. The van der Waals surface area contributed by atoms with E-state index < -0.39 is 0 Å². The molecular formula is C24H28N4O2S. The van der Waals surface area contributed by atoms with Crippen LogP contribution in [0.25, 0.3) is 10.9 Å². The number of nitrogens with one attached hydrogen (secondary N) is 1. The summed E-state index contributed by atoms with van der Waals surface area (Å²) < 4.78 is 1.65. The van der Waals surface area contributed by atoms with Crippen LogP contribution in [0.3, 0.4) is 0 Å². The predicted molar refractivity (Wildman–Crippen MR) is 124 cm³/mol. The van der Waals surface area contributed by atoms with Gasteiger partial charge in [0.15, 0.2) is 5.16 Å². The minimum Gasteiger partial charge on any atom is -0.352 e. The Balaban J connectivity index is 1.55. The fraction of sp³-hybridized carbons (Fsp3) is 0.417. The molecule has 3 atom stereocenters. The monoisotopic (exact) mass is 436 g/mol. The number of para-hydroxylation sites is 1. The van der Waals surface area contributed by atoms with E-state index in [1.165, 1.54) is 18.2 Å². The van der Waals surface area contributed by atoms with E-state index in [9.17, 15) is 9.59 Å². The highest BCUT2D eigenvalue weighted by atomic mass is 32.2. The number of nitrogens with zero attached hydrogens (tertiary/aromatic N) is 3. The number of aromatic nitrogens is 3. The number of carbonyl (C=O) groups excluding carboxylic acids is 1. The van der Waals surface area contributed by atoms with Gasteiger partial charge in [-0.2, -0.15) is 0 Å². The highest BCUT2D eigenvalue weighted by molar-refractivity contribution is 7.99. The first-order valence-corrected chi connectivity index (χ1v) is 11.8. The topological polar surface area (TPSA) is 76.9 Å². The predicted octanol–water partition coefficient (Wildman–Crippen LogP) is 3.87. The van der Waals surface area contributed by atoms with E-state index in [0.29, 0.717) is 34.4 Å². The summed E-state index contributed by atoms with van der Waals surface area (Å²) in [4.78, 5) is 34.6. The molecule has 162 valence electrons. The van der Waals surface area contributed by atoms with Crippen molar-refractivity contribution in [1.29, 1.82) is 0 Å². The van der Waals surface area contributed by atoms with Crippen LogP contribution in [0.1, 0.15) is 38.7 Å². The second-order valence-corrected chi connectivity index (χ2v) is 9.33. The Morgan fingerprint density at radius 2 is 1.94 bits per heavy atom. The van der Waals surface area contributed by atoms with Crippen LogP contribution >= 0.6 is 11.8 Å². The zero-order valence-electron chi connectivity index (χ0n) is 18.0. The van der Waals surface area contributed by atoms with Crippen LogP contribution < -0.4 is 10.9 Å². The Hall–Kier alpha value is -2.67. The van der Waals surface area contributed by atoms with Crippen molar-refractivity contribution in [2.75, 3.05) is 5.75 Å². The normalized spacial score (nSPS) is 21.2. The summed E-state index contributed by atoms with van der Waals surface area (Å²) in [5.74, 6) is 1.33. The fourth-order valence-corrected chi connectivity index (χ4v) is 5.04. The Bertz CT molecular complexity index is 1120. The van der Waals surface area contributed by atoms with Crippen molar-refractivity contribution in [2.24, 2.45) is 11.8 Å². The lowest BCUT2D eigenvalue weighted by molar-refractivity contribution is -0.120. The van der Waals surface area contributed by atoms with Crippen LogP contribution in [-0.2, 0) is 11.3 Å². The first-order valence-electron chi connectivity index (χ1n) is 10.8. The zero-order chi connectivity index (χ0) is 21.8. The number of fused-ring (bicyclic) bond motifs is 1. The number of rotatable bonds is 6. The molecule has 1 aliphatic rings. The Morgan fingerprint density at radius 1 is 1.16 bits per heavy atom. The van der Waals surface area contributed by atoms with Gasteiger partial charge in [0, 0.05) is 18.4 Å². The van der Waals surface area contributed by atoms with Crippen molar-refractivity contribution in [1.82, 2.24) is 19.9 Å². The molecule has 1 aromatic carbocycles. The van der Waals surface area contributed by atoms with Crippen molar-refractivity contribution in [3.8, 4) is 0 Å². The number of hydrogen-bond acceptors (Lipinski definition) is 5. The van der Waals surface area contributed by atoms with E-state index in [2.05, 4.69) is 24.1 Å². The lowest BCUT2D eigenvalue weighted by atomic mass is 9.78. The van der Waals surface area contributed by atoms with Gasteiger partial charge in [-0.05, 0) is 48.1 Å². The first kappa shape index (κ1) is 21.6. The summed E-state index contributed by atoms with van der Waals surface area (Å²) >= 11 is 1.32. The Morgan fingerprint density at radius 3 is 2.74 bits per heavy atom. The highest BCUT2D eigenvalue weighted by Gasteiger charge is 2.28. The van der Waals surface area contributed by atoms with Crippen LogP contribution in [0.15, 0.2) is 58.7 Å². The maximum Gasteiger partial charge on any atom is 0.262 e. The van der Waals surface area contributed by atoms with E-state index in [1.54, 1.807) is 23.0 Å². The molecule has 7 heteroatoms. The molecule has 31 heavy (non-hydrogen) atoms. The van der Waals surface area contributed by atoms with Crippen molar-refractivity contribution in [3.05, 3.63) is 64.7 Å². The first-order chi connectivity index (χ1) is 15.0. The molecule has 2 heterocycles. The van der Waals surface area contributed by atoms with Gasteiger partial charge in [0.2, 0.25) is 5.91 Å². The maximum atomic E-state index is 13.2. The number of pyridine rings is 1. The van der Waals surface area contributed by atoms with Crippen LogP contribution in [0.5, 0.6) is 0 Å². The van der Waals surface area contributed by atoms with Gasteiger partial charge in [0.1, 0.15) is 0 Å². The standard InChI is InChI=1S/C24H28N4O2S/c1-16-6-5-9-20(17(16)2)26-22(29)15-31-24-27-21-8-4-3-7-19(21)23(30)28(24)14-18-10-12-25-13-11-18/h3-4,7-8,10-13,16-17,20H,5-6,9,14-15H2,1-2H3,(H,26,29)/t16-,17+,20+/m0/s1. The quantitative estimate of drug-likeness (QED) is 0.469. The third-order valence-electron chi connectivity index (χ3n) is 6.30. The molecule has 1 aliphatic carbocycles. The molecule has 2 aromatic heterocycles. The zero-order valence-corrected chi connectivity index (χ0v) is 18.8. The van der Waals surface area contributed by atoms with Crippen molar-refractivity contribution >= 4 is 28.6 Å². The molecule has 1 amide bonds. The van der Waals surface area contributed by atoms with Crippen LogP contribution in [0.2, 0.25) is 0 Å². The summed E-state index contributed by atoms with van der Waals surface area (Å²) in [5, 5.41) is 4.34. The van der Waals surface area contributed by atoms with Gasteiger partial charge in [-0.1, -0.05) is 50.6 Å². The second-order valence-electron chi connectivity index (χ2n) is 8.39. The molecule has 1 saturated carbocycles. The summed E-state index contributed by atoms with van der Waals surface area (Å²) in [6.07, 6.45) is 6.83. The minimum atomic E-state index is -0.0972. The van der Waals surface area contributed by atoms with E-state index in [0.717, 1.165) is 18.4 Å². The summed E-state index contributed by atoms with van der Waals surface area (Å²) in [5.41, 5.74) is 1.52. The molecule has 0 radical (unpaired) electrons. The third kappa shape index (κ3) is 4.98. The van der Waals surface area contributed by atoms with Crippen molar-refractivity contribution in [2.45, 2.75) is 50.9 Å². The fourth-order valence-electron chi connectivity index (χ4n) is 4.23. The molecule has 0 unspecified atom stereocenters. The molecule has 3 aromatic rings. The molecule has 0 bridgehead atoms. The number of benzene rings is 1. The average molecular weight is 437 g/mol. The van der Waals surface area contributed by atoms with Gasteiger partial charge in [-0.15, -0.1) is 0 Å². The molecule has 1 fully saturated rings. The second kappa shape index (κ2) is 9.64. The van der Waals surface area contributed by atoms with Crippen LogP contribution in [0.4, 0.5) is 0 Å². The number of thioether (sulfide) groups is 1. The Kier molecular flexibility index (Phi) is 6.70. The maximum absolute atomic E-state index is 13.2. The van der Waals surface area contributed by atoms with Crippen molar-refractivity contribution in [3.63, 3.8) is 0 Å². The lowest BCUT2D eigenvalue weighted by Gasteiger charge is -2.34. The van der Waals surface area contributed by atoms with E-state index in [4.69, 9.17) is 4.98 Å². The minimum absolute atomic E-state index is 0.00572. The van der Waals surface area contributed by atoms with Gasteiger partial charge in [0.05, 0.1) is 23.2 Å². The third-order valence-corrected chi connectivity index (χ3v) is 7.28. The van der Waals surface area contributed by atoms with E-state index in [-0.39, 0.29) is 23.3 Å². The molecule has 6 nitrogen and oxygen atoms in total. The molecule has 1 N–H and O–H groups in total. The van der Waals surface area contributed by atoms with Gasteiger partial charge in [-0.3, -0.25) is 19.1 Å². The van der Waals surface area contributed by atoms with E-state index in [1.807, 2.05) is 30.3 Å². The highest BCUT2D eigenvalue weighted by Crippen LogP contribution is 2.29. The molecule has 0 spiro atoms. The smallest absolute Gasteiger partial charge is 0.262 e. The number of amides is 1.